The number of Topliss-reactive ketones (excluding diaryl/α,β-unsaturated/α-hetero) is 1. The van der Waals surface area contributed by atoms with Crippen molar-refractivity contribution in [1.82, 2.24) is 10.6 Å². The number of hydrogen-bond acceptors (Lipinski definition) is 7. The molecule has 37 heavy (non-hydrogen) atoms. The van der Waals surface area contributed by atoms with Gasteiger partial charge in [0.25, 0.3) is 0 Å². The molecular weight excluding hydrogens is 484 g/mol. The van der Waals surface area contributed by atoms with Gasteiger partial charge in [0.15, 0.2) is 0 Å². The first-order valence-electron chi connectivity index (χ1n) is 13.4. The van der Waals surface area contributed by atoms with Crippen LogP contribution in [-0.2, 0) is 33.4 Å². The standard InChI is InChI=1S/C26H46N2O9/c1-2-27-24(31)20-37-19-18-36-17-11-12-21(29)15-16-22(26(34)35)28-23(30)13-9-7-5-3-4-6-8-10-14-25(32)33/h22H,2-20H2,1H3,(H,27,31)(H,28,30)(H,32,33)(H,34,35)/t22-/m0/s1. The van der Waals surface area contributed by atoms with Crippen molar-refractivity contribution < 1.29 is 43.7 Å². The molecule has 0 fully saturated rings. The molecule has 0 aromatic rings. The highest BCUT2D eigenvalue weighted by Crippen LogP contribution is 2.11. The zero-order valence-electron chi connectivity index (χ0n) is 22.3. The number of carboxylic acid groups (broad SMARTS) is 2. The number of unbranched alkanes of at least 4 members (excludes halogenated alkanes) is 7. The third-order valence-electron chi connectivity index (χ3n) is 5.61. The summed E-state index contributed by atoms with van der Waals surface area (Å²) < 4.78 is 10.5. The van der Waals surface area contributed by atoms with Crippen LogP contribution in [0, 0.1) is 0 Å². The molecule has 0 heterocycles. The highest BCUT2D eigenvalue weighted by atomic mass is 16.5. The number of hydrogen-bond donors (Lipinski definition) is 4. The molecule has 0 saturated heterocycles. The van der Waals surface area contributed by atoms with Crippen LogP contribution in [0.15, 0.2) is 0 Å². The SMILES string of the molecule is CCNC(=O)COCCOCCCC(=O)CC[C@H](NC(=O)CCCCCCCCCCC(=O)O)C(=O)O. The molecule has 214 valence electrons. The van der Waals surface area contributed by atoms with Crippen LogP contribution in [0.5, 0.6) is 0 Å². The van der Waals surface area contributed by atoms with E-state index in [1.807, 2.05) is 6.92 Å². The molecule has 0 spiro atoms. The smallest absolute Gasteiger partial charge is 0.326 e. The molecule has 0 unspecified atom stereocenters. The van der Waals surface area contributed by atoms with E-state index in [0.29, 0.717) is 39.0 Å². The fourth-order valence-electron chi connectivity index (χ4n) is 3.58. The van der Waals surface area contributed by atoms with Gasteiger partial charge in [-0.15, -0.1) is 0 Å². The number of carboxylic acids is 2. The fourth-order valence-corrected chi connectivity index (χ4v) is 3.58. The number of rotatable bonds is 26. The minimum absolute atomic E-state index is 0.0181. The number of ether oxygens (including phenoxy) is 2. The van der Waals surface area contributed by atoms with E-state index >= 15 is 0 Å². The monoisotopic (exact) mass is 530 g/mol. The number of amides is 2. The Morgan fingerprint density at radius 1 is 0.676 bits per heavy atom. The van der Waals surface area contributed by atoms with Gasteiger partial charge in [-0.05, 0) is 32.6 Å². The molecule has 11 heteroatoms. The Kier molecular flexibility index (Phi) is 22.2. The summed E-state index contributed by atoms with van der Waals surface area (Å²) in [5.41, 5.74) is 0. The predicted molar refractivity (Wildman–Crippen MR) is 137 cm³/mol. The van der Waals surface area contributed by atoms with Gasteiger partial charge in [0, 0.05) is 38.8 Å². The van der Waals surface area contributed by atoms with Crippen molar-refractivity contribution in [2.75, 3.05) is 33.0 Å². The van der Waals surface area contributed by atoms with Gasteiger partial charge in [-0.1, -0.05) is 38.5 Å². The van der Waals surface area contributed by atoms with Crippen LogP contribution < -0.4 is 10.6 Å². The van der Waals surface area contributed by atoms with E-state index in [-0.39, 0.29) is 62.9 Å². The maximum Gasteiger partial charge on any atom is 0.326 e. The number of nitrogens with one attached hydrogen (secondary N) is 2. The number of aliphatic carboxylic acids is 2. The van der Waals surface area contributed by atoms with E-state index in [4.69, 9.17) is 14.6 Å². The van der Waals surface area contributed by atoms with Crippen molar-refractivity contribution in [3.05, 3.63) is 0 Å². The zero-order valence-corrected chi connectivity index (χ0v) is 22.3. The molecule has 4 N–H and O–H groups in total. The van der Waals surface area contributed by atoms with Crippen molar-refractivity contribution in [2.24, 2.45) is 0 Å². The zero-order chi connectivity index (χ0) is 27.7. The van der Waals surface area contributed by atoms with Crippen molar-refractivity contribution in [1.29, 1.82) is 0 Å². The topological polar surface area (TPSA) is 168 Å². The molecule has 11 nitrogen and oxygen atoms in total. The summed E-state index contributed by atoms with van der Waals surface area (Å²) in [7, 11) is 0. The molecule has 0 aromatic heterocycles. The van der Waals surface area contributed by atoms with Gasteiger partial charge < -0.3 is 30.3 Å². The highest BCUT2D eigenvalue weighted by Gasteiger charge is 2.20. The lowest BCUT2D eigenvalue weighted by atomic mass is 10.0. The van der Waals surface area contributed by atoms with Crippen LogP contribution >= 0.6 is 0 Å². The van der Waals surface area contributed by atoms with Crippen LogP contribution in [0.4, 0.5) is 0 Å². The minimum Gasteiger partial charge on any atom is -0.481 e. The first kappa shape index (κ1) is 34.5. The Hall–Kier alpha value is -2.53. The number of likely N-dealkylation sites (N-methyl/N-ethyl adjacent to an activating group) is 1. The molecule has 2 amide bonds. The molecule has 1 atom stereocenters. The normalized spacial score (nSPS) is 11.6. The molecule has 0 radical (unpaired) electrons. The molecule has 0 aromatic carbocycles. The first-order valence-corrected chi connectivity index (χ1v) is 13.4. The Morgan fingerprint density at radius 2 is 1.27 bits per heavy atom. The van der Waals surface area contributed by atoms with Crippen LogP contribution in [0.1, 0.15) is 96.8 Å². The lowest BCUT2D eigenvalue weighted by Crippen LogP contribution is -2.41. The molecule has 0 bridgehead atoms. The second-order valence-corrected chi connectivity index (χ2v) is 8.98. The first-order chi connectivity index (χ1) is 17.8. The van der Waals surface area contributed by atoms with Gasteiger partial charge in [0.2, 0.25) is 11.8 Å². The lowest BCUT2D eigenvalue weighted by molar-refractivity contribution is -0.142. The Labute approximate surface area is 220 Å². The second kappa shape index (κ2) is 23.8. The summed E-state index contributed by atoms with van der Waals surface area (Å²) in [6.07, 6.45) is 8.59. The second-order valence-electron chi connectivity index (χ2n) is 8.98. The summed E-state index contributed by atoms with van der Waals surface area (Å²) in [4.78, 5) is 57.3. The Morgan fingerprint density at radius 3 is 1.86 bits per heavy atom. The van der Waals surface area contributed by atoms with E-state index in [0.717, 1.165) is 38.5 Å². The van der Waals surface area contributed by atoms with E-state index in [2.05, 4.69) is 10.6 Å². The van der Waals surface area contributed by atoms with Crippen LogP contribution in [0.3, 0.4) is 0 Å². The molecule has 0 rings (SSSR count). The van der Waals surface area contributed by atoms with Gasteiger partial charge >= 0.3 is 11.9 Å². The Balaban J connectivity index is 3.79. The lowest BCUT2D eigenvalue weighted by Gasteiger charge is -2.14. The Bertz CT molecular complexity index is 670. The minimum atomic E-state index is -1.15. The summed E-state index contributed by atoms with van der Waals surface area (Å²) in [6.45, 7) is 3.31. The molecular formula is C26H46N2O9. The van der Waals surface area contributed by atoms with Crippen molar-refractivity contribution in [3.8, 4) is 0 Å². The molecule has 0 aliphatic carbocycles. The predicted octanol–water partition coefficient (Wildman–Crippen LogP) is 2.84. The van der Waals surface area contributed by atoms with Gasteiger partial charge in [0.05, 0.1) is 13.2 Å². The summed E-state index contributed by atoms with van der Waals surface area (Å²) in [5, 5.41) is 23.1. The van der Waals surface area contributed by atoms with Crippen LogP contribution in [-0.4, -0.2) is 78.8 Å². The third kappa shape index (κ3) is 23.6. The van der Waals surface area contributed by atoms with Crippen LogP contribution in [0.25, 0.3) is 0 Å². The highest BCUT2D eigenvalue weighted by molar-refractivity contribution is 5.84. The van der Waals surface area contributed by atoms with E-state index in [9.17, 15) is 29.1 Å². The average Bonchev–Trinajstić information content (AvgIpc) is 2.84. The number of carbonyl (C=O) groups excluding carboxylic acids is 3. The van der Waals surface area contributed by atoms with Crippen LogP contribution in [0.2, 0.25) is 0 Å². The largest absolute Gasteiger partial charge is 0.481 e. The average molecular weight is 531 g/mol. The van der Waals surface area contributed by atoms with Gasteiger partial charge in [-0.2, -0.15) is 0 Å². The third-order valence-corrected chi connectivity index (χ3v) is 5.61. The van der Waals surface area contributed by atoms with E-state index < -0.39 is 18.0 Å². The van der Waals surface area contributed by atoms with Gasteiger partial charge in [-0.25, -0.2) is 4.79 Å². The fraction of sp³-hybridized carbons (Fsp3) is 0.808. The molecule has 0 aliphatic heterocycles. The van der Waals surface area contributed by atoms with Crippen molar-refractivity contribution in [2.45, 2.75) is 103 Å². The molecule has 0 aliphatic rings. The summed E-state index contributed by atoms with van der Waals surface area (Å²) in [6, 6.07) is -1.08. The van der Waals surface area contributed by atoms with Crippen molar-refractivity contribution >= 4 is 29.5 Å². The van der Waals surface area contributed by atoms with Crippen molar-refractivity contribution in [3.63, 3.8) is 0 Å². The van der Waals surface area contributed by atoms with Gasteiger partial charge in [0.1, 0.15) is 18.4 Å². The molecule has 0 saturated carbocycles. The summed E-state index contributed by atoms with van der Waals surface area (Å²) >= 11 is 0. The van der Waals surface area contributed by atoms with E-state index in [1.165, 1.54) is 0 Å². The number of carbonyl (C=O) groups is 5. The van der Waals surface area contributed by atoms with Gasteiger partial charge in [-0.3, -0.25) is 19.2 Å². The summed E-state index contributed by atoms with van der Waals surface area (Å²) in [5.74, 6) is -2.50. The number of ketones is 1. The van der Waals surface area contributed by atoms with E-state index in [1.54, 1.807) is 0 Å². The maximum atomic E-state index is 12.1. The quantitative estimate of drug-likeness (QED) is 0.123. The maximum absolute atomic E-state index is 12.1.